The van der Waals surface area contributed by atoms with Gasteiger partial charge in [0.25, 0.3) is 0 Å². The molecular weight excluding hydrogens is 464 g/mol. The van der Waals surface area contributed by atoms with Crippen molar-refractivity contribution in [1.29, 1.82) is 0 Å². The largest absolute Gasteiger partial charge is 0.300 e. The van der Waals surface area contributed by atoms with Crippen molar-refractivity contribution >= 4 is 39.7 Å². The summed E-state index contributed by atoms with van der Waals surface area (Å²) < 4.78 is 1.12. The van der Waals surface area contributed by atoms with Crippen molar-refractivity contribution in [2.75, 3.05) is 7.05 Å². The smallest absolute Gasteiger partial charge is 0.0983 e. The normalized spacial score (nSPS) is 26.3. The zero-order valence-electron chi connectivity index (χ0n) is 16.7. The quantitative estimate of drug-likeness (QED) is 0.392. The van der Waals surface area contributed by atoms with Crippen molar-refractivity contribution in [3.05, 3.63) is 75.3 Å². The van der Waals surface area contributed by atoms with Gasteiger partial charge in [0.1, 0.15) is 0 Å². The number of rotatable bonds is 3. The second kappa shape index (κ2) is 8.50. The molecule has 2 aliphatic heterocycles. The highest BCUT2D eigenvalue weighted by Gasteiger charge is 2.47. The number of aryl methyl sites for hydroxylation is 1. The van der Waals surface area contributed by atoms with Gasteiger partial charge in [-0.3, -0.25) is 4.90 Å². The highest BCUT2D eigenvalue weighted by Crippen LogP contribution is 2.52. The Bertz CT molecular complexity index is 987. The second-order valence-corrected chi connectivity index (χ2v) is 10.3. The van der Waals surface area contributed by atoms with Crippen molar-refractivity contribution in [2.45, 2.75) is 50.1 Å². The Morgan fingerprint density at radius 1 is 1.10 bits per heavy atom. The summed E-state index contributed by atoms with van der Waals surface area (Å²) in [6, 6.07) is 19.1. The maximum absolute atomic E-state index is 4.97. The third-order valence-corrected chi connectivity index (χ3v) is 8.33. The SMILES string of the molecule is Cc1ccc([C@H]2C[C@@H]3CC[C@H]([C@H]2c2ncc(-c4cccc(Br)c4)s2)N3C)cc1.Cl. The van der Waals surface area contributed by atoms with Gasteiger partial charge in [-0.2, -0.15) is 0 Å². The summed E-state index contributed by atoms with van der Waals surface area (Å²) in [6.07, 6.45) is 5.94. The number of fused-ring (bicyclic) bond motifs is 2. The van der Waals surface area contributed by atoms with E-state index in [4.69, 9.17) is 4.98 Å². The molecule has 3 heterocycles. The first-order valence-electron chi connectivity index (χ1n) is 10.1. The van der Waals surface area contributed by atoms with Crippen LogP contribution in [-0.4, -0.2) is 29.0 Å². The average molecular weight is 490 g/mol. The molecule has 2 fully saturated rings. The zero-order valence-corrected chi connectivity index (χ0v) is 19.9. The molecule has 2 bridgehead atoms. The van der Waals surface area contributed by atoms with Crippen LogP contribution in [0.2, 0.25) is 0 Å². The fourth-order valence-electron chi connectivity index (χ4n) is 5.18. The molecule has 29 heavy (non-hydrogen) atoms. The molecule has 2 saturated heterocycles. The number of nitrogens with zero attached hydrogens (tertiary/aromatic N) is 2. The molecule has 152 valence electrons. The molecule has 5 heteroatoms. The summed E-state index contributed by atoms with van der Waals surface area (Å²) in [5.41, 5.74) is 4.07. The summed E-state index contributed by atoms with van der Waals surface area (Å²) in [6.45, 7) is 2.17. The highest BCUT2D eigenvalue weighted by molar-refractivity contribution is 9.10. The molecule has 4 atom stereocenters. The van der Waals surface area contributed by atoms with Gasteiger partial charge in [-0.1, -0.05) is 57.9 Å². The molecule has 0 radical (unpaired) electrons. The molecule has 2 nitrogen and oxygen atoms in total. The van der Waals surface area contributed by atoms with Crippen LogP contribution in [0.4, 0.5) is 0 Å². The minimum absolute atomic E-state index is 0. The molecule has 5 rings (SSSR count). The van der Waals surface area contributed by atoms with Crippen molar-refractivity contribution in [2.24, 2.45) is 0 Å². The summed E-state index contributed by atoms with van der Waals surface area (Å²) in [7, 11) is 2.32. The lowest BCUT2D eigenvalue weighted by atomic mass is 9.76. The number of benzene rings is 2. The number of hydrogen-bond acceptors (Lipinski definition) is 3. The minimum atomic E-state index is 0. The summed E-state index contributed by atoms with van der Waals surface area (Å²) >= 11 is 5.48. The van der Waals surface area contributed by atoms with Crippen LogP contribution in [0.15, 0.2) is 59.2 Å². The first kappa shape index (κ1) is 21.0. The van der Waals surface area contributed by atoms with Crippen molar-refractivity contribution in [3.63, 3.8) is 0 Å². The van der Waals surface area contributed by atoms with Crippen LogP contribution in [0.5, 0.6) is 0 Å². The molecule has 2 aromatic carbocycles. The maximum atomic E-state index is 4.97. The van der Waals surface area contributed by atoms with Crippen LogP contribution in [-0.2, 0) is 0 Å². The molecule has 0 saturated carbocycles. The summed E-state index contributed by atoms with van der Waals surface area (Å²) in [4.78, 5) is 8.87. The van der Waals surface area contributed by atoms with Gasteiger partial charge in [0.15, 0.2) is 0 Å². The molecule has 0 N–H and O–H groups in total. The molecule has 0 aliphatic carbocycles. The van der Waals surface area contributed by atoms with Crippen molar-refractivity contribution < 1.29 is 0 Å². The monoisotopic (exact) mass is 488 g/mol. The molecule has 0 spiro atoms. The predicted molar refractivity (Wildman–Crippen MR) is 128 cm³/mol. The van der Waals surface area contributed by atoms with Crippen LogP contribution in [0.25, 0.3) is 10.4 Å². The van der Waals surface area contributed by atoms with Gasteiger partial charge in [0, 0.05) is 28.7 Å². The highest BCUT2D eigenvalue weighted by atomic mass is 79.9. The van der Waals surface area contributed by atoms with E-state index in [2.05, 4.69) is 89.5 Å². The van der Waals surface area contributed by atoms with Gasteiger partial charge >= 0.3 is 0 Å². The van der Waals surface area contributed by atoms with Crippen molar-refractivity contribution in [3.8, 4) is 10.4 Å². The average Bonchev–Trinajstić information content (AvgIpc) is 3.26. The van der Waals surface area contributed by atoms with Crippen LogP contribution < -0.4 is 0 Å². The van der Waals surface area contributed by atoms with E-state index < -0.39 is 0 Å². The fourth-order valence-corrected chi connectivity index (χ4v) is 6.71. The third kappa shape index (κ3) is 3.93. The minimum Gasteiger partial charge on any atom is -0.300 e. The van der Waals surface area contributed by atoms with Gasteiger partial charge in [-0.25, -0.2) is 4.98 Å². The van der Waals surface area contributed by atoms with E-state index in [1.165, 1.54) is 45.8 Å². The van der Waals surface area contributed by atoms with Crippen molar-refractivity contribution in [1.82, 2.24) is 9.88 Å². The maximum Gasteiger partial charge on any atom is 0.0983 e. The van der Waals surface area contributed by atoms with E-state index in [0.717, 1.165) is 10.5 Å². The Hall–Kier alpha value is -1.20. The fraction of sp³-hybridized carbons (Fsp3) is 0.375. The summed E-state index contributed by atoms with van der Waals surface area (Å²) in [5, 5.41) is 1.30. The summed E-state index contributed by atoms with van der Waals surface area (Å²) in [5.74, 6) is 1.05. The van der Waals surface area contributed by atoms with E-state index >= 15 is 0 Å². The number of hydrogen-bond donors (Lipinski definition) is 0. The van der Waals surface area contributed by atoms with Gasteiger partial charge < -0.3 is 0 Å². The van der Waals surface area contributed by atoms with Gasteiger partial charge in [0.2, 0.25) is 0 Å². The molecular formula is C24H26BrClN2S. The van der Waals surface area contributed by atoms with Crippen LogP contribution in [0.1, 0.15) is 47.2 Å². The van der Waals surface area contributed by atoms with E-state index in [0.29, 0.717) is 17.9 Å². The Balaban J connectivity index is 0.00000205. The Morgan fingerprint density at radius 2 is 1.90 bits per heavy atom. The number of likely N-dealkylation sites (N-methyl/N-ethyl adjacent to an activating group) is 1. The molecule has 0 amide bonds. The lowest BCUT2D eigenvalue weighted by Gasteiger charge is -2.42. The van der Waals surface area contributed by atoms with Crippen LogP contribution in [0, 0.1) is 6.92 Å². The van der Waals surface area contributed by atoms with E-state index in [-0.39, 0.29) is 12.4 Å². The Labute approximate surface area is 191 Å². The number of aromatic nitrogens is 1. The van der Waals surface area contributed by atoms with Gasteiger partial charge in [-0.05, 0) is 62.4 Å². The molecule has 3 aromatic rings. The molecule has 0 unspecified atom stereocenters. The lowest BCUT2D eigenvalue weighted by molar-refractivity contribution is 0.137. The zero-order chi connectivity index (χ0) is 19.3. The van der Waals surface area contributed by atoms with E-state index in [1.54, 1.807) is 0 Å². The third-order valence-electron chi connectivity index (χ3n) is 6.69. The van der Waals surface area contributed by atoms with E-state index in [1.807, 2.05) is 11.3 Å². The number of halogens is 2. The van der Waals surface area contributed by atoms with Crippen LogP contribution >= 0.6 is 39.7 Å². The topological polar surface area (TPSA) is 16.1 Å². The van der Waals surface area contributed by atoms with Gasteiger partial charge in [0.05, 0.1) is 9.88 Å². The first-order chi connectivity index (χ1) is 13.6. The predicted octanol–water partition coefficient (Wildman–Crippen LogP) is 7.04. The Kier molecular flexibility index (Phi) is 6.17. The standard InChI is InChI=1S/C24H25BrN2S.ClH/c1-15-6-8-16(9-7-15)20-13-19-10-11-21(27(19)2)23(20)24-26-14-22(28-24)17-4-3-5-18(25)12-17;/h3-9,12,14,19-21,23H,10-11,13H2,1-2H3;1H/t19-,20+,21+,23-;/m0./s1. The van der Waals surface area contributed by atoms with Crippen LogP contribution in [0.3, 0.4) is 0 Å². The second-order valence-electron chi connectivity index (χ2n) is 8.32. The van der Waals surface area contributed by atoms with Gasteiger partial charge in [-0.15, -0.1) is 23.7 Å². The number of piperidine rings is 1. The lowest BCUT2D eigenvalue weighted by Crippen LogP contribution is -2.44. The number of thiazole rings is 1. The van der Waals surface area contributed by atoms with E-state index in [9.17, 15) is 0 Å². The first-order valence-corrected chi connectivity index (χ1v) is 11.7. The molecule has 2 aliphatic rings. The Morgan fingerprint density at radius 3 is 2.66 bits per heavy atom. The molecule has 1 aromatic heterocycles.